The Bertz CT molecular complexity index is 1260. The van der Waals surface area contributed by atoms with Crippen LogP contribution in [0.1, 0.15) is 21.0 Å². The van der Waals surface area contributed by atoms with Crippen LogP contribution in [-0.4, -0.2) is 40.9 Å². The maximum absolute atomic E-state index is 12.9. The van der Waals surface area contributed by atoms with E-state index in [0.29, 0.717) is 21.4 Å². The molecule has 1 N–H and O–H groups in total. The molecule has 0 aliphatic carbocycles. The van der Waals surface area contributed by atoms with Gasteiger partial charge in [-0.15, -0.1) is 0 Å². The number of aryl methyl sites for hydroxylation is 1. The molecular weight excluding hydrogens is 428 g/mol. The molecule has 0 radical (unpaired) electrons. The van der Waals surface area contributed by atoms with Gasteiger partial charge in [-0.05, 0) is 35.9 Å². The fourth-order valence-electron chi connectivity index (χ4n) is 3.14. The highest BCUT2D eigenvalue weighted by atomic mass is 32.1. The fourth-order valence-corrected chi connectivity index (χ4v) is 4.09. The van der Waals surface area contributed by atoms with Crippen molar-refractivity contribution in [3.8, 4) is 27.4 Å². The minimum Gasteiger partial charge on any atom is -0.497 e. The van der Waals surface area contributed by atoms with Gasteiger partial charge in [0.25, 0.3) is 5.91 Å². The van der Waals surface area contributed by atoms with Gasteiger partial charge in [-0.2, -0.15) is 5.10 Å². The minimum atomic E-state index is -0.567. The van der Waals surface area contributed by atoms with Gasteiger partial charge in [0, 0.05) is 12.6 Å². The van der Waals surface area contributed by atoms with Crippen LogP contribution in [0.2, 0.25) is 0 Å². The van der Waals surface area contributed by atoms with Gasteiger partial charge in [0.15, 0.2) is 10.8 Å². The number of hydrogen-bond donors (Lipinski definition) is 1. The van der Waals surface area contributed by atoms with E-state index in [1.165, 1.54) is 23.1 Å². The summed E-state index contributed by atoms with van der Waals surface area (Å²) >= 11 is 1.20. The number of anilines is 1. The third-order valence-electron chi connectivity index (χ3n) is 4.76. The van der Waals surface area contributed by atoms with Gasteiger partial charge in [0.1, 0.15) is 11.4 Å². The first kappa shape index (κ1) is 21.3. The molecule has 8 nitrogen and oxygen atoms in total. The molecule has 2 heterocycles. The summed E-state index contributed by atoms with van der Waals surface area (Å²) in [6.45, 7) is 0. The Hall–Kier alpha value is -3.98. The molecule has 2 aromatic heterocycles. The summed E-state index contributed by atoms with van der Waals surface area (Å²) < 4.78 is 11.5. The third-order valence-corrected chi connectivity index (χ3v) is 5.78. The van der Waals surface area contributed by atoms with E-state index < -0.39 is 5.97 Å². The highest BCUT2D eigenvalue weighted by Crippen LogP contribution is 2.34. The van der Waals surface area contributed by atoms with Crippen molar-refractivity contribution >= 4 is 28.3 Å². The quantitative estimate of drug-likeness (QED) is 0.443. The van der Waals surface area contributed by atoms with Gasteiger partial charge in [-0.3, -0.25) is 14.8 Å². The van der Waals surface area contributed by atoms with E-state index in [4.69, 9.17) is 9.47 Å². The lowest BCUT2D eigenvalue weighted by molar-refractivity contribution is 0.0595. The molecule has 0 fully saturated rings. The molecule has 0 aliphatic heterocycles. The lowest BCUT2D eigenvalue weighted by atomic mass is 10.1. The van der Waals surface area contributed by atoms with Crippen LogP contribution in [0.3, 0.4) is 0 Å². The topological polar surface area (TPSA) is 95.3 Å². The second-order valence-electron chi connectivity index (χ2n) is 6.78. The molecule has 0 saturated carbocycles. The lowest BCUT2D eigenvalue weighted by Gasteiger charge is -2.01. The van der Waals surface area contributed by atoms with Gasteiger partial charge >= 0.3 is 5.97 Å². The highest BCUT2D eigenvalue weighted by molar-refractivity contribution is 7.19. The van der Waals surface area contributed by atoms with Crippen molar-refractivity contribution in [1.29, 1.82) is 0 Å². The molecular formula is C23H20N4O4S. The van der Waals surface area contributed by atoms with Crippen LogP contribution in [0.15, 0.2) is 60.7 Å². The van der Waals surface area contributed by atoms with Crippen molar-refractivity contribution in [3.05, 3.63) is 72.1 Å². The van der Waals surface area contributed by atoms with Crippen LogP contribution in [0, 0.1) is 0 Å². The summed E-state index contributed by atoms with van der Waals surface area (Å²) in [6.07, 6.45) is 0. The van der Waals surface area contributed by atoms with Crippen LogP contribution in [-0.2, 0) is 11.8 Å². The number of esters is 1. The van der Waals surface area contributed by atoms with E-state index in [9.17, 15) is 9.59 Å². The van der Waals surface area contributed by atoms with Crippen molar-refractivity contribution in [2.75, 3.05) is 19.5 Å². The SMILES string of the molecule is COC(=O)c1nc(NC(=O)c2cc(-c3ccc(OC)cc3)nn2C)sc1-c1ccccc1. The molecule has 0 unspecified atom stereocenters. The van der Waals surface area contributed by atoms with E-state index in [1.54, 1.807) is 20.2 Å². The van der Waals surface area contributed by atoms with Crippen molar-refractivity contribution in [2.24, 2.45) is 7.05 Å². The molecule has 9 heteroatoms. The van der Waals surface area contributed by atoms with Gasteiger partial charge in [-0.25, -0.2) is 9.78 Å². The Morgan fingerprint density at radius 1 is 1.00 bits per heavy atom. The highest BCUT2D eigenvalue weighted by Gasteiger charge is 2.22. The Morgan fingerprint density at radius 3 is 2.38 bits per heavy atom. The average Bonchev–Trinajstić information content (AvgIpc) is 3.43. The van der Waals surface area contributed by atoms with Crippen LogP contribution >= 0.6 is 11.3 Å². The van der Waals surface area contributed by atoms with Crippen LogP contribution < -0.4 is 10.1 Å². The molecule has 4 rings (SSSR count). The molecule has 0 spiro atoms. The first-order valence-electron chi connectivity index (χ1n) is 9.64. The van der Waals surface area contributed by atoms with E-state index in [2.05, 4.69) is 15.4 Å². The van der Waals surface area contributed by atoms with Crippen molar-refractivity contribution in [2.45, 2.75) is 0 Å². The first-order valence-corrected chi connectivity index (χ1v) is 10.5. The standard InChI is InChI=1S/C23H20N4O4S/c1-27-18(13-17(26-27)14-9-11-16(30-2)12-10-14)21(28)25-23-24-19(22(29)31-3)20(32-23)15-7-5-4-6-8-15/h4-13H,1-3H3,(H,24,25,28). The number of aromatic nitrogens is 3. The monoisotopic (exact) mass is 448 g/mol. The van der Waals surface area contributed by atoms with Crippen molar-refractivity contribution in [1.82, 2.24) is 14.8 Å². The number of carbonyl (C=O) groups is 2. The summed E-state index contributed by atoms with van der Waals surface area (Å²) in [5.74, 6) is -0.213. The predicted molar refractivity (Wildman–Crippen MR) is 122 cm³/mol. The number of methoxy groups -OCH3 is 2. The zero-order valence-electron chi connectivity index (χ0n) is 17.7. The molecule has 162 valence electrons. The number of carbonyl (C=O) groups excluding carboxylic acids is 2. The smallest absolute Gasteiger partial charge is 0.358 e. The largest absolute Gasteiger partial charge is 0.497 e. The summed E-state index contributed by atoms with van der Waals surface area (Å²) in [7, 11) is 4.59. The van der Waals surface area contributed by atoms with Gasteiger partial charge < -0.3 is 9.47 Å². The second-order valence-corrected chi connectivity index (χ2v) is 7.77. The number of ether oxygens (including phenoxy) is 2. The van der Waals surface area contributed by atoms with Gasteiger partial charge in [0.05, 0.1) is 24.8 Å². The molecule has 0 bridgehead atoms. The molecule has 1 amide bonds. The molecule has 2 aromatic carbocycles. The summed E-state index contributed by atoms with van der Waals surface area (Å²) in [5.41, 5.74) is 2.83. The van der Waals surface area contributed by atoms with E-state index in [1.807, 2.05) is 54.6 Å². The second kappa shape index (κ2) is 9.03. The molecule has 4 aromatic rings. The maximum atomic E-state index is 12.9. The van der Waals surface area contributed by atoms with E-state index >= 15 is 0 Å². The molecule has 0 aliphatic rings. The predicted octanol–water partition coefficient (Wildman–Crippen LogP) is 4.26. The number of hydrogen-bond acceptors (Lipinski definition) is 7. The minimum absolute atomic E-state index is 0.155. The Labute approximate surface area is 188 Å². The van der Waals surface area contributed by atoms with Crippen molar-refractivity contribution < 1.29 is 19.1 Å². The summed E-state index contributed by atoms with van der Waals surface area (Å²) in [4.78, 5) is 30.1. The average molecular weight is 449 g/mol. The number of thiazole rings is 1. The first-order chi connectivity index (χ1) is 15.5. The van der Waals surface area contributed by atoms with E-state index in [-0.39, 0.29) is 11.6 Å². The Balaban J connectivity index is 1.61. The number of amides is 1. The number of benzene rings is 2. The lowest BCUT2D eigenvalue weighted by Crippen LogP contribution is -2.16. The van der Waals surface area contributed by atoms with Crippen molar-refractivity contribution in [3.63, 3.8) is 0 Å². The van der Waals surface area contributed by atoms with E-state index in [0.717, 1.165) is 16.9 Å². The maximum Gasteiger partial charge on any atom is 0.358 e. The normalized spacial score (nSPS) is 10.6. The van der Waals surface area contributed by atoms with Gasteiger partial charge in [-0.1, -0.05) is 41.7 Å². The Morgan fingerprint density at radius 2 is 1.72 bits per heavy atom. The summed E-state index contributed by atoms with van der Waals surface area (Å²) in [5, 5.41) is 7.50. The number of nitrogens with zero attached hydrogens (tertiary/aromatic N) is 3. The zero-order chi connectivity index (χ0) is 22.7. The number of rotatable bonds is 6. The van der Waals surface area contributed by atoms with Crippen LogP contribution in [0.25, 0.3) is 21.7 Å². The Kier molecular flexibility index (Phi) is 6.00. The zero-order valence-corrected chi connectivity index (χ0v) is 18.5. The van der Waals surface area contributed by atoms with Crippen LogP contribution in [0.5, 0.6) is 5.75 Å². The number of nitrogens with one attached hydrogen (secondary N) is 1. The summed E-state index contributed by atoms with van der Waals surface area (Å²) in [6, 6.07) is 18.5. The van der Waals surface area contributed by atoms with Gasteiger partial charge in [0.2, 0.25) is 0 Å². The fraction of sp³-hybridized carbons (Fsp3) is 0.130. The molecule has 0 saturated heterocycles. The molecule has 32 heavy (non-hydrogen) atoms. The third kappa shape index (κ3) is 4.23. The van der Waals surface area contributed by atoms with Crippen LogP contribution in [0.4, 0.5) is 5.13 Å². The molecule has 0 atom stereocenters.